The van der Waals surface area contributed by atoms with Gasteiger partial charge in [0.25, 0.3) is 0 Å². The van der Waals surface area contributed by atoms with Crippen molar-refractivity contribution in [2.45, 2.75) is 32.1 Å². The molecule has 1 spiro atoms. The Morgan fingerprint density at radius 2 is 2.21 bits per heavy atom. The topological polar surface area (TPSA) is 34.9 Å². The molecule has 3 heteroatoms. The minimum absolute atomic E-state index is 0.0147. The minimum atomic E-state index is 0.0147. The summed E-state index contributed by atoms with van der Waals surface area (Å²) in [5, 5.41) is 4.17. The Morgan fingerprint density at radius 1 is 1.43 bits per heavy atom. The second-order valence-electron chi connectivity index (χ2n) is 4.61. The number of rotatable bonds is 0. The molecule has 0 N–H and O–H groups in total. The van der Waals surface area contributed by atoms with E-state index in [-0.39, 0.29) is 5.41 Å². The van der Waals surface area contributed by atoms with Crippen LogP contribution in [0.5, 0.6) is 0 Å². The maximum atomic E-state index is 12.2. The highest BCUT2D eigenvalue weighted by atomic mass is 16.1. The number of hydrogen-bond acceptors (Lipinski definition) is 2. The first-order chi connectivity index (χ1) is 6.73. The van der Waals surface area contributed by atoms with Crippen LogP contribution >= 0.6 is 0 Å². The maximum absolute atomic E-state index is 12.2. The third-order valence-electron chi connectivity index (χ3n) is 3.89. The predicted octanol–water partition coefficient (Wildman–Crippen LogP) is 1.72. The van der Waals surface area contributed by atoms with Gasteiger partial charge in [0, 0.05) is 18.0 Å². The molecule has 0 aliphatic heterocycles. The monoisotopic (exact) mass is 190 g/mol. The number of hydrogen-bond donors (Lipinski definition) is 0. The molecule has 0 unspecified atom stereocenters. The number of carbonyl (C=O) groups is 1. The lowest BCUT2D eigenvalue weighted by molar-refractivity contribution is 0.0543. The van der Waals surface area contributed by atoms with Gasteiger partial charge in [-0.25, -0.2) is 0 Å². The van der Waals surface area contributed by atoms with Crippen LogP contribution < -0.4 is 0 Å². The Balaban J connectivity index is 2.10. The molecule has 2 aliphatic rings. The average Bonchev–Trinajstić information content (AvgIpc) is 2.46. The highest BCUT2D eigenvalue weighted by Crippen LogP contribution is 2.49. The molecule has 3 rings (SSSR count). The molecule has 1 fully saturated rings. The van der Waals surface area contributed by atoms with Crippen molar-refractivity contribution >= 4 is 5.78 Å². The summed E-state index contributed by atoms with van der Waals surface area (Å²) in [6.45, 7) is 0. The number of fused-ring (bicyclic) bond motifs is 1. The van der Waals surface area contributed by atoms with Crippen LogP contribution in [-0.4, -0.2) is 15.6 Å². The largest absolute Gasteiger partial charge is 0.292 e. The van der Waals surface area contributed by atoms with Crippen LogP contribution in [0.2, 0.25) is 0 Å². The zero-order chi connectivity index (χ0) is 9.76. The van der Waals surface area contributed by atoms with E-state index >= 15 is 0 Å². The Morgan fingerprint density at radius 3 is 2.86 bits per heavy atom. The summed E-state index contributed by atoms with van der Waals surface area (Å²) in [5.41, 5.74) is 2.03. The van der Waals surface area contributed by atoms with Gasteiger partial charge in [0.2, 0.25) is 0 Å². The Hall–Kier alpha value is -1.12. The number of carbonyl (C=O) groups excluding carboxylic acids is 1. The molecular formula is C11H14N2O. The van der Waals surface area contributed by atoms with E-state index in [1.54, 1.807) is 4.68 Å². The molecule has 0 atom stereocenters. The third kappa shape index (κ3) is 0.825. The van der Waals surface area contributed by atoms with Crippen LogP contribution in [0.15, 0.2) is 6.20 Å². The lowest BCUT2D eigenvalue weighted by Gasteiger charge is -2.42. The van der Waals surface area contributed by atoms with Gasteiger partial charge in [-0.2, -0.15) is 5.10 Å². The van der Waals surface area contributed by atoms with Gasteiger partial charge in [0.15, 0.2) is 5.78 Å². The Bertz CT molecular complexity index is 401. The van der Waals surface area contributed by atoms with E-state index in [9.17, 15) is 4.79 Å². The fourth-order valence-electron chi connectivity index (χ4n) is 2.78. The first-order valence-corrected chi connectivity index (χ1v) is 5.29. The van der Waals surface area contributed by atoms with Crippen molar-refractivity contribution in [3.8, 4) is 0 Å². The van der Waals surface area contributed by atoms with Gasteiger partial charge in [0.1, 0.15) is 5.69 Å². The fraction of sp³-hybridized carbons (Fsp3) is 0.636. The van der Waals surface area contributed by atoms with E-state index in [0.717, 1.165) is 36.9 Å². The summed E-state index contributed by atoms with van der Waals surface area (Å²) in [6, 6.07) is 0. The van der Waals surface area contributed by atoms with E-state index in [1.165, 1.54) is 6.42 Å². The molecule has 14 heavy (non-hydrogen) atoms. The van der Waals surface area contributed by atoms with Crippen molar-refractivity contribution in [3.63, 3.8) is 0 Å². The molecule has 74 valence electrons. The lowest BCUT2D eigenvalue weighted by atomic mass is 9.60. The predicted molar refractivity (Wildman–Crippen MR) is 52.1 cm³/mol. The summed E-state index contributed by atoms with van der Waals surface area (Å²) in [4.78, 5) is 12.2. The van der Waals surface area contributed by atoms with Gasteiger partial charge in [-0.3, -0.25) is 9.48 Å². The Labute approximate surface area is 83.1 Å². The van der Waals surface area contributed by atoms with Crippen LogP contribution in [0.4, 0.5) is 0 Å². The summed E-state index contributed by atoms with van der Waals surface area (Å²) < 4.78 is 1.75. The highest BCUT2D eigenvalue weighted by molar-refractivity contribution is 6.01. The van der Waals surface area contributed by atoms with Crippen LogP contribution in [0, 0.1) is 5.41 Å². The Kier molecular flexibility index (Phi) is 1.45. The van der Waals surface area contributed by atoms with E-state index in [0.29, 0.717) is 5.78 Å². The molecule has 1 aromatic heterocycles. The van der Waals surface area contributed by atoms with Gasteiger partial charge in [0.05, 0.1) is 6.20 Å². The molecule has 3 nitrogen and oxygen atoms in total. The van der Waals surface area contributed by atoms with Crippen molar-refractivity contribution < 1.29 is 4.79 Å². The first kappa shape index (κ1) is 8.21. The maximum Gasteiger partial charge on any atom is 0.187 e. The van der Waals surface area contributed by atoms with Gasteiger partial charge >= 0.3 is 0 Å². The van der Waals surface area contributed by atoms with E-state index in [2.05, 4.69) is 5.10 Å². The minimum Gasteiger partial charge on any atom is -0.292 e. The van der Waals surface area contributed by atoms with Gasteiger partial charge in [-0.05, 0) is 25.7 Å². The summed E-state index contributed by atoms with van der Waals surface area (Å²) in [5.74, 6) is 0.352. The molecule has 0 radical (unpaired) electrons. The van der Waals surface area contributed by atoms with Crippen molar-refractivity contribution in [3.05, 3.63) is 17.5 Å². The molecule has 0 saturated heterocycles. The number of aryl methyl sites for hydroxylation is 2. The molecular weight excluding hydrogens is 176 g/mol. The SMILES string of the molecule is Cn1ncc2c1C(=O)C1(CCC1)CC2. The summed E-state index contributed by atoms with van der Waals surface area (Å²) in [6.07, 6.45) is 7.34. The number of nitrogens with zero attached hydrogens (tertiary/aromatic N) is 2. The second kappa shape index (κ2) is 2.47. The van der Waals surface area contributed by atoms with Gasteiger partial charge in [-0.15, -0.1) is 0 Å². The normalized spacial score (nSPS) is 23.4. The van der Waals surface area contributed by atoms with Crippen molar-refractivity contribution in [2.24, 2.45) is 12.5 Å². The van der Waals surface area contributed by atoms with Crippen LogP contribution in [0.25, 0.3) is 0 Å². The molecule has 1 aromatic rings. The van der Waals surface area contributed by atoms with Crippen LogP contribution in [0.3, 0.4) is 0 Å². The van der Waals surface area contributed by atoms with Crippen LogP contribution in [-0.2, 0) is 13.5 Å². The van der Waals surface area contributed by atoms with Crippen molar-refractivity contribution in [2.75, 3.05) is 0 Å². The molecule has 0 aromatic carbocycles. The number of Topliss-reactive ketones (excluding diaryl/α,β-unsaturated/α-hetero) is 1. The number of ketones is 1. The molecule has 0 amide bonds. The number of aromatic nitrogens is 2. The average molecular weight is 190 g/mol. The van der Waals surface area contributed by atoms with Crippen molar-refractivity contribution in [1.29, 1.82) is 0 Å². The standard InChI is InChI=1S/C11H14N2O/c1-13-9-8(7-12-13)3-6-11(10(9)14)4-2-5-11/h7H,2-6H2,1H3. The highest BCUT2D eigenvalue weighted by Gasteiger charge is 2.48. The van der Waals surface area contributed by atoms with Crippen molar-refractivity contribution in [1.82, 2.24) is 9.78 Å². The first-order valence-electron chi connectivity index (χ1n) is 5.29. The quantitative estimate of drug-likeness (QED) is 0.624. The summed E-state index contributed by atoms with van der Waals surface area (Å²) >= 11 is 0. The van der Waals surface area contributed by atoms with E-state index < -0.39 is 0 Å². The van der Waals surface area contributed by atoms with Gasteiger partial charge < -0.3 is 0 Å². The van der Waals surface area contributed by atoms with E-state index in [1.807, 2.05) is 13.2 Å². The zero-order valence-electron chi connectivity index (χ0n) is 8.42. The molecule has 2 aliphatic carbocycles. The fourth-order valence-corrected chi connectivity index (χ4v) is 2.78. The van der Waals surface area contributed by atoms with Crippen LogP contribution in [0.1, 0.15) is 41.7 Å². The smallest absolute Gasteiger partial charge is 0.187 e. The second-order valence-corrected chi connectivity index (χ2v) is 4.61. The lowest BCUT2D eigenvalue weighted by Crippen LogP contribution is -2.42. The molecule has 1 saturated carbocycles. The molecule has 1 heterocycles. The zero-order valence-corrected chi connectivity index (χ0v) is 8.42. The molecule has 0 bridgehead atoms. The third-order valence-corrected chi connectivity index (χ3v) is 3.89. The summed E-state index contributed by atoms with van der Waals surface area (Å²) in [7, 11) is 1.87. The van der Waals surface area contributed by atoms with Gasteiger partial charge in [-0.1, -0.05) is 6.42 Å². The van der Waals surface area contributed by atoms with E-state index in [4.69, 9.17) is 0 Å².